The second-order valence-electron chi connectivity index (χ2n) is 6.20. The van der Waals surface area contributed by atoms with Crippen LogP contribution in [-0.2, 0) is 0 Å². The van der Waals surface area contributed by atoms with Gasteiger partial charge in [0.25, 0.3) is 0 Å². The normalized spacial score (nSPS) is 8.59. The number of rotatable bonds is 4. The summed E-state index contributed by atoms with van der Waals surface area (Å²) in [7, 11) is 0. The minimum Gasteiger partial charge on any atom is -0.472 e. The fraction of sp³-hybridized carbons (Fsp3) is 0.231. The van der Waals surface area contributed by atoms with Crippen LogP contribution in [-0.4, -0.2) is 23.1 Å². The highest BCUT2D eigenvalue weighted by Crippen LogP contribution is 2.08. The summed E-state index contributed by atoms with van der Waals surface area (Å²) in [5.41, 5.74) is 1.44. The maximum atomic E-state index is 10.5. The first kappa shape index (κ1) is 32.8. The minimum atomic E-state index is -0.0324. The Kier molecular flexibility index (Phi) is 17.5. The van der Waals surface area contributed by atoms with Crippen LogP contribution in [0.15, 0.2) is 80.2 Å². The van der Waals surface area contributed by atoms with Crippen LogP contribution in [0.5, 0.6) is 0 Å². The van der Waals surface area contributed by atoms with Crippen LogP contribution < -0.4 is 0 Å². The van der Waals surface area contributed by atoms with E-state index in [1.54, 1.807) is 43.4 Å². The maximum absolute atomic E-state index is 10.5. The van der Waals surface area contributed by atoms with Gasteiger partial charge < -0.3 is 8.83 Å². The molecule has 0 saturated heterocycles. The standard InChI is InChI=1S/2C6H6O2.2C6H6OS.2CH4/c1-5(7)6-2-3-8-4-6;1-5(7)6-3-2-4-8-6;1-5(7)6-2-3-8-4-6;1-5(7)6-3-2-4-8-6;;/h4*2-4H,1H3;2*1H4. The summed E-state index contributed by atoms with van der Waals surface area (Å²) in [5, 5.41) is 5.65. The number of carbonyl (C=O) groups is 4. The number of thiophene rings is 2. The van der Waals surface area contributed by atoms with E-state index in [-0.39, 0.29) is 38.0 Å². The van der Waals surface area contributed by atoms with Gasteiger partial charge in [-0.25, -0.2) is 0 Å². The zero-order valence-electron chi connectivity index (χ0n) is 18.2. The van der Waals surface area contributed by atoms with Gasteiger partial charge in [-0.1, -0.05) is 20.9 Å². The number of hydrogen-bond acceptors (Lipinski definition) is 8. The van der Waals surface area contributed by atoms with E-state index in [9.17, 15) is 19.2 Å². The van der Waals surface area contributed by atoms with Crippen LogP contribution in [0.4, 0.5) is 0 Å². The molecular weight excluding hydrogens is 472 g/mol. The van der Waals surface area contributed by atoms with Crippen molar-refractivity contribution < 1.29 is 28.0 Å². The van der Waals surface area contributed by atoms with Gasteiger partial charge in [0.2, 0.25) is 0 Å². The van der Waals surface area contributed by atoms with Crippen molar-refractivity contribution in [1.82, 2.24) is 0 Å². The highest BCUT2D eigenvalue weighted by atomic mass is 32.1. The molecule has 4 heterocycles. The van der Waals surface area contributed by atoms with Gasteiger partial charge in [-0.2, -0.15) is 11.3 Å². The summed E-state index contributed by atoms with van der Waals surface area (Å²) in [6.45, 7) is 6.12. The molecule has 0 spiro atoms. The lowest BCUT2D eigenvalue weighted by atomic mass is 10.2. The van der Waals surface area contributed by atoms with Crippen molar-refractivity contribution in [2.24, 2.45) is 0 Å². The Morgan fingerprint density at radius 2 is 1.38 bits per heavy atom. The van der Waals surface area contributed by atoms with Crippen LogP contribution in [0.25, 0.3) is 0 Å². The molecule has 4 aromatic heterocycles. The van der Waals surface area contributed by atoms with Crippen molar-refractivity contribution in [3.63, 3.8) is 0 Å². The van der Waals surface area contributed by atoms with E-state index < -0.39 is 0 Å². The molecule has 34 heavy (non-hydrogen) atoms. The van der Waals surface area contributed by atoms with Crippen LogP contribution in [0.1, 0.15) is 83.5 Å². The lowest BCUT2D eigenvalue weighted by Crippen LogP contribution is -1.85. The van der Waals surface area contributed by atoms with Gasteiger partial charge in [-0.15, -0.1) is 11.3 Å². The summed E-state index contributed by atoms with van der Waals surface area (Å²) in [6, 6.07) is 10.5. The highest BCUT2D eigenvalue weighted by Gasteiger charge is 1.98. The molecule has 184 valence electrons. The lowest BCUT2D eigenvalue weighted by Gasteiger charge is -1.80. The largest absolute Gasteiger partial charge is 0.472 e. The first-order chi connectivity index (χ1) is 15.2. The van der Waals surface area contributed by atoms with E-state index in [1.165, 1.54) is 44.0 Å². The molecule has 0 saturated carbocycles. The van der Waals surface area contributed by atoms with Crippen molar-refractivity contribution >= 4 is 45.8 Å². The third-order valence-electron chi connectivity index (χ3n) is 3.59. The number of Topliss-reactive ketones (excluding diaryl/α,β-unsaturated/α-hetero) is 4. The zero-order valence-corrected chi connectivity index (χ0v) is 19.8. The van der Waals surface area contributed by atoms with Crippen LogP contribution >= 0.6 is 22.7 Å². The van der Waals surface area contributed by atoms with Gasteiger partial charge in [-0.05, 0) is 61.9 Å². The summed E-state index contributed by atoms with van der Waals surface area (Å²) in [5.74, 6) is 0.727. The second kappa shape index (κ2) is 18.1. The SMILES string of the molecule is C.C.CC(=O)c1ccco1.CC(=O)c1cccs1.CC(=O)c1ccoc1.CC(=O)c1ccsc1. The molecule has 8 heteroatoms. The van der Waals surface area contributed by atoms with E-state index >= 15 is 0 Å². The van der Waals surface area contributed by atoms with E-state index in [4.69, 9.17) is 4.42 Å². The Morgan fingerprint density at radius 1 is 0.706 bits per heavy atom. The molecule has 0 aliphatic carbocycles. The quantitative estimate of drug-likeness (QED) is 0.260. The van der Waals surface area contributed by atoms with Gasteiger partial charge in [0, 0.05) is 17.9 Å². The van der Waals surface area contributed by atoms with E-state index in [2.05, 4.69) is 4.42 Å². The average Bonchev–Trinajstić information content (AvgIpc) is 3.56. The van der Waals surface area contributed by atoms with Crippen molar-refractivity contribution in [1.29, 1.82) is 0 Å². The van der Waals surface area contributed by atoms with Crippen molar-refractivity contribution in [2.45, 2.75) is 42.5 Å². The lowest BCUT2D eigenvalue weighted by molar-refractivity contribution is 0.0983. The molecule has 0 fully saturated rings. The molecule has 4 rings (SSSR count). The Labute approximate surface area is 209 Å². The Morgan fingerprint density at radius 3 is 1.62 bits per heavy atom. The van der Waals surface area contributed by atoms with E-state index in [0.717, 1.165) is 10.4 Å². The summed E-state index contributed by atoms with van der Waals surface area (Å²) in [6.07, 6.45) is 4.40. The van der Waals surface area contributed by atoms with Crippen molar-refractivity contribution in [3.8, 4) is 0 Å². The molecule has 0 aliphatic heterocycles. The molecule has 4 aromatic rings. The van der Waals surface area contributed by atoms with Crippen LogP contribution in [0.2, 0.25) is 0 Å². The molecular formula is C26H32O6S2. The van der Waals surface area contributed by atoms with Crippen molar-refractivity contribution in [3.05, 3.63) is 93.1 Å². The monoisotopic (exact) mass is 504 g/mol. The fourth-order valence-corrected chi connectivity index (χ4v) is 3.21. The number of furan rings is 2. The summed E-state index contributed by atoms with van der Waals surface area (Å²) in [4.78, 5) is 42.7. The summed E-state index contributed by atoms with van der Waals surface area (Å²) < 4.78 is 9.40. The molecule has 0 aromatic carbocycles. The number of hydrogen-bond donors (Lipinski definition) is 0. The van der Waals surface area contributed by atoms with Crippen LogP contribution in [0, 0.1) is 0 Å². The Balaban J connectivity index is 0. The molecule has 0 bridgehead atoms. The Hall–Kier alpha value is -3.36. The predicted octanol–water partition coefficient (Wildman–Crippen LogP) is 8.14. The third-order valence-corrected chi connectivity index (χ3v) is 5.25. The van der Waals surface area contributed by atoms with E-state index in [0.29, 0.717) is 11.3 Å². The second-order valence-corrected chi connectivity index (χ2v) is 7.93. The highest BCUT2D eigenvalue weighted by molar-refractivity contribution is 7.12. The minimum absolute atomic E-state index is 0. The smallest absolute Gasteiger partial charge is 0.194 e. The molecule has 0 amide bonds. The molecule has 0 N–H and O–H groups in total. The average molecular weight is 505 g/mol. The van der Waals surface area contributed by atoms with Crippen LogP contribution in [0.3, 0.4) is 0 Å². The van der Waals surface area contributed by atoms with Gasteiger partial charge >= 0.3 is 0 Å². The van der Waals surface area contributed by atoms with E-state index in [1.807, 2.05) is 34.3 Å². The molecule has 0 atom stereocenters. The van der Waals surface area contributed by atoms with Gasteiger partial charge in [0.05, 0.1) is 23.0 Å². The predicted molar refractivity (Wildman–Crippen MR) is 140 cm³/mol. The van der Waals surface area contributed by atoms with Gasteiger partial charge in [0.15, 0.2) is 28.9 Å². The maximum Gasteiger partial charge on any atom is 0.194 e. The summed E-state index contributed by atoms with van der Waals surface area (Å²) >= 11 is 3.03. The topological polar surface area (TPSA) is 94.6 Å². The first-order valence-electron chi connectivity index (χ1n) is 9.37. The number of carbonyl (C=O) groups excluding carboxylic acids is 4. The molecule has 0 aliphatic rings. The van der Waals surface area contributed by atoms with Crippen molar-refractivity contribution in [2.75, 3.05) is 0 Å². The molecule has 0 radical (unpaired) electrons. The van der Waals surface area contributed by atoms with Gasteiger partial charge in [-0.3, -0.25) is 19.2 Å². The van der Waals surface area contributed by atoms with Gasteiger partial charge in [0.1, 0.15) is 6.26 Å². The first-order valence-corrected chi connectivity index (χ1v) is 11.2. The zero-order chi connectivity index (χ0) is 23.9. The molecule has 0 unspecified atom stereocenters. The fourth-order valence-electron chi connectivity index (χ4n) is 1.89. The third kappa shape index (κ3) is 13.2. The molecule has 6 nitrogen and oxygen atoms in total. The Bertz CT molecular complexity index is 882. The number of ketones is 4.